The molecule has 1 aliphatic carbocycles. The van der Waals surface area contributed by atoms with Gasteiger partial charge in [0.05, 0.1) is 0 Å². The van der Waals surface area contributed by atoms with Crippen molar-refractivity contribution in [2.45, 2.75) is 51.5 Å². The predicted molar refractivity (Wildman–Crippen MR) is 76.3 cm³/mol. The molecule has 2 rings (SSSR count). The van der Waals surface area contributed by atoms with Crippen molar-refractivity contribution in [1.82, 2.24) is 4.90 Å². The van der Waals surface area contributed by atoms with E-state index in [1.54, 1.807) is 6.07 Å². The fourth-order valence-corrected chi connectivity index (χ4v) is 3.08. The maximum Gasteiger partial charge on any atom is 0.133 e. The molecule has 0 amide bonds. The normalized spacial score (nSPS) is 19.6. The van der Waals surface area contributed by atoms with E-state index in [1.807, 2.05) is 13.8 Å². The number of benzene rings is 1. The number of fused-ring (bicyclic) bond motifs is 1. The molecule has 0 aliphatic heterocycles. The van der Waals surface area contributed by atoms with Crippen molar-refractivity contribution in [3.8, 4) is 5.75 Å². The summed E-state index contributed by atoms with van der Waals surface area (Å²) in [7, 11) is 4.15. The molecule has 3 heteroatoms. The van der Waals surface area contributed by atoms with Gasteiger partial charge in [-0.25, -0.2) is 4.39 Å². The zero-order chi connectivity index (χ0) is 14.2. The molecule has 1 N–H and O–H groups in total. The summed E-state index contributed by atoms with van der Waals surface area (Å²) in [6.07, 6.45) is 3.63. The minimum Gasteiger partial charge on any atom is -0.508 e. The molecule has 19 heavy (non-hydrogen) atoms. The quantitative estimate of drug-likeness (QED) is 0.828. The Morgan fingerprint density at radius 1 is 1.26 bits per heavy atom. The highest BCUT2D eigenvalue weighted by Gasteiger charge is 2.24. The third kappa shape index (κ3) is 2.76. The summed E-state index contributed by atoms with van der Waals surface area (Å²) < 4.78 is 14.6. The van der Waals surface area contributed by atoms with E-state index in [0.29, 0.717) is 11.6 Å². The molecule has 1 atom stereocenters. The first-order valence-electron chi connectivity index (χ1n) is 7.11. The molecule has 0 radical (unpaired) electrons. The first-order valence-corrected chi connectivity index (χ1v) is 7.11. The Morgan fingerprint density at radius 3 is 2.47 bits per heavy atom. The summed E-state index contributed by atoms with van der Waals surface area (Å²) in [6, 6.07) is 2.28. The molecule has 0 bridgehead atoms. The fourth-order valence-electron chi connectivity index (χ4n) is 3.08. The summed E-state index contributed by atoms with van der Waals surface area (Å²) in [5, 5.41) is 10.0. The van der Waals surface area contributed by atoms with Crippen LogP contribution in [0.4, 0.5) is 4.39 Å². The first kappa shape index (κ1) is 14.3. The number of phenolic OH excluding ortho intramolecular Hbond substituents is 1. The second-order valence-corrected chi connectivity index (χ2v) is 6.11. The number of aromatic hydroxyl groups is 1. The molecule has 0 unspecified atom stereocenters. The minimum atomic E-state index is -0.176. The van der Waals surface area contributed by atoms with E-state index in [2.05, 4.69) is 19.0 Å². The first-order chi connectivity index (χ1) is 8.91. The maximum atomic E-state index is 14.6. The number of hydrogen-bond acceptors (Lipinski definition) is 2. The van der Waals surface area contributed by atoms with Gasteiger partial charge >= 0.3 is 0 Å². The molecule has 2 nitrogen and oxygen atoms in total. The Kier molecular flexibility index (Phi) is 4.14. The summed E-state index contributed by atoms with van der Waals surface area (Å²) in [5.41, 5.74) is 2.29. The maximum absolute atomic E-state index is 14.6. The van der Waals surface area contributed by atoms with Crippen molar-refractivity contribution in [2.75, 3.05) is 14.1 Å². The predicted octanol–water partition coefficient (Wildman–Crippen LogP) is 3.46. The van der Waals surface area contributed by atoms with E-state index >= 15 is 0 Å². The van der Waals surface area contributed by atoms with Crippen molar-refractivity contribution >= 4 is 0 Å². The fraction of sp³-hybridized carbons (Fsp3) is 0.625. The van der Waals surface area contributed by atoms with E-state index in [0.717, 1.165) is 36.8 Å². The summed E-state index contributed by atoms with van der Waals surface area (Å²) >= 11 is 0. The molecular weight excluding hydrogens is 241 g/mol. The van der Waals surface area contributed by atoms with Crippen LogP contribution in [0.3, 0.4) is 0 Å². The van der Waals surface area contributed by atoms with Gasteiger partial charge in [-0.05, 0) is 62.9 Å². The monoisotopic (exact) mass is 265 g/mol. The molecule has 0 saturated heterocycles. The van der Waals surface area contributed by atoms with Gasteiger partial charge in [-0.2, -0.15) is 0 Å². The Hall–Kier alpha value is -1.09. The lowest BCUT2D eigenvalue weighted by Crippen LogP contribution is -2.27. The Balaban J connectivity index is 2.40. The number of rotatable bonds is 2. The van der Waals surface area contributed by atoms with Crippen LogP contribution in [0.2, 0.25) is 0 Å². The zero-order valence-corrected chi connectivity index (χ0v) is 12.3. The number of aryl methyl sites for hydroxylation is 1. The summed E-state index contributed by atoms with van der Waals surface area (Å²) in [4.78, 5) is 2.22. The highest BCUT2D eigenvalue weighted by Crippen LogP contribution is 2.35. The Morgan fingerprint density at radius 2 is 1.89 bits per heavy atom. The van der Waals surface area contributed by atoms with Crippen LogP contribution in [0, 0.1) is 5.82 Å². The van der Waals surface area contributed by atoms with Gasteiger partial charge < -0.3 is 10.0 Å². The zero-order valence-electron chi connectivity index (χ0n) is 12.3. The topological polar surface area (TPSA) is 23.5 Å². The third-order valence-corrected chi connectivity index (χ3v) is 4.26. The lowest BCUT2D eigenvalue weighted by molar-refractivity contribution is 0.268. The molecule has 1 aliphatic rings. The van der Waals surface area contributed by atoms with Crippen molar-refractivity contribution in [2.24, 2.45) is 0 Å². The van der Waals surface area contributed by atoms with Crippen LogP contribution in [-0.2, 0) is 12.8 Å². The van der Waals surface area contributed by atoms with Gasteiger partial charge in [-0.1, -0.05) is 13.8 Å². The molecule has 1 aromatic rings. The van der Waals surface area contributed by atoms with Gasteiger partial charge in [-0.15, -0.1) is 0 Å². The van der Waals surface area contributed by atoms with E-state index in [9.17, 15) is 9.50 Å². The van der Waals surface area contributed by atoms with Crippen LogP contribution >= 0.6 is 0 Å². The van der Waals surface area contributed by atoms with Crippen LogP contribution in [-0.4, -0.2) is 30.1 Å². The summed E-state index contributed by atoms with van der Waals surface area (Å²) in [5.74, 6) is -0.0443. The van der Waals surface area contributed by atoms with E-state index in [-0.39, 0.29) is 17.5 Å². The number of halogens is 1. The highest BCUT2D eigenvalue weighted by molar-refractivity contribution is 5.45. The SMILES string of the molecule is CC(C)c1c(O)cc2c(c1F)CC[C@@H](N(C)C)CC2. The van der Waals surface area contributed by atoms with Crippen LogP contribution in [0.5, 0.6) is 5.75 Å². The molecule has 106 valence electrons. The number of phenols is 1. The van der Waals surface area contributed by atoms with Crippen molar-refractivity contribution in [3.05, 3.63) is 28.6 Å². The lowest BCUT2D eigenvalue weighted by atomic mass is 9.93. The number of hydrogen-bond donors (Lipinski definition) is 1. The Labute approximate surface area is 115 Å². The molecule has 0 spiro atoms. The van der Waals surface area contributed by atoms with Gasteiger partial charge in [0.1, 0.15) is 11.6 Å². The summed E-state index contributed by atoms with van der Waals surface area (Å²) in [6.45, 7) is 3.84. The average molecular weight is 265 g/mol. The van der Waals surface area contributed by atoms with Gasteiger partial charge in [0, 0.05) is 11.6 Å². The van der Waals surface area contributed by atoms with E-state index < -0.39 is 0 Å². The lowest BCUT2D eigenvalue weighted by Gasteiger charge is -2.22. The third-order valence-electron chi connectivity index (χ3n) is 4.26. The van der Waals surface area contributed by atoms with Crippen molar-refractivity contribution < 1.29 is 9.50 Å². The van der Waals surface area contributed by atoms with Crippen LogP contribution < -0.4 is 0 Å². The molecule has 0 fully saturated rings. The second-order valence-electron chi connectivity index (χ2n) is 6.11. The number of nitrogens with zero attached hydrogens (tertiary/aromatic N) is 1. The van der Waals surface area contributed by atoms with E-state index in [1.165, 1.54) is 0 Å². The molecule has 0 heterocycles. The van der Waals surface area contributed by atoms with E-state index in [4.69, 9.17) is 0 Å². The second kappa shape index (κ2) is 5.49. The Bertz CT molecular complexity index is 468. The minimum absolute atomic E-state index is 0.0122. The average Bonchev–Trinajstić information content (AvgIpc) is 2.50. The molecule has 1 aromatic carbocycles. The van der Waals surface area contributed by atoms with Gasteiger partial charge in [-0.3, -0.25) is 0 Å². The van der Waals surface area contributed by atoms with Gasteiger partial charge in [0.15, 0.2) is 0 Å². The smallest absolute Gasteiger partial charge is 0.133 e. The largest absolute Gasteiger partial charge is 0.508 e. The van der Waals surface area contributed by atoms with Gasteiger partial charge in [0.25, 0.3) is 0 Å². The molecule has 0 aromatic heterocycles. The van der Waals surface area contributed by atoms with Crippen LogP contribution in [0.1, 0.15) is 49.3 Å². The van der Waals surface area contributed by atoms with Crippen LogP contribution in [0.15, 0.2) is 6.07 Å². The van der Waals surface area contributed by atoms with Crippen molar-refractivity contribution in [1.29, 1.82) is 0 Å². The molecular formula is C16H24FNO. The molecule has 0 saturated carbocycles. The van der Waals surface area contributed by atoms with Crippen LogP contribution in [0.25, 0.3) is 0 Å². The van der Waals surface area contributed by atoms with Gasteiger partial charge in [0.2, 0.25) is 0 Å². The highest BCUT2D eigenvalue weighted by atomic mass is 19.1. The van der Waals surface area contributed by atoms with Crippen molar-refractivity contribution in [3.63, 3.8) is 0 Å². The standard InChI is InChI=1S/C16H24FNO/c1-10(2)15-14(19)9-11-5-6-12(18(3)4)7-8-13(11)16(15)17/h9-10,12,19H,5-8H2,1-4H3/t12-/m0/s1.